The van der Waals surface area contributed by atoms with Gasteiger partial charge in [0.05, 0.1) is 24.1 Å². The van der Waals surface area contributed by atoms with E-state index >= 15 is 0 Å². The number of carbonyl (C=O) groups is 2. The maximum absolute atomic E-state index is 12.3. The quantitative estimate of drug-likeness (QED) is 0.600. The first-order valence-corrected chi connectivity index (χ1v) is 6.51. The summed E-state index contributed by atoms with van der Waals surface area (Å²) in [4.78, 5) is 26.0. The van der Waals surface area contributed by atoms with E-state index in [-0.39, 0.29) is 30.2 Å². The zero-order chi connectivity index (χ0) is 13.6. The smallest absolute Gasteiger partial charge is 0.233 e. The standard InChI is InChI=1S/C14H16N2O3/c1-8-12(9(2)19-15-8)7-16-13(17)10-5-3-4-6-11(10)14(16)18/h3-4,10-11H,5-7H2,1-2H3/t10-,11-/m1/s1. The fourth-order valence-electron chi connectivity index (χ4n) is 2.91. The van der Waals surface area contributed by atoms with Crippen molar-refractivity contribution in [2.75, 3.05) is 0 Å². The fourth-order valence-corrected chi connectivity index (χ4v) is 2.91. The minimum absolute atomic E-state index is 0.0562. The van der Waals surface area contributed by atoms with E-state index in [0.717, 1.165) is 11.3 Å². The Hall–Kier alpha value is -1.91. The van der Waals surface area contributed by atoms with Crippen molar-refractivity contribution in [3.63, 3.8) is 0 Å². The molecule has 2 heterocycles. The Morgan fingerprint density at radius 2 is 1.79 bits per heavy atom. The molecule has 1 saturated heterocycles. The van der Waals surface area contributed by atoms with Crippen molar-refractivity contribution in [2.24, 2.45) is 11.8 Å². The van der Waals surface area contributed by atoms with Crippen LogP contribution < -0.4 is 0 Å². The van der Waals surface area contributed by atoms with Crippen LogP contribution in [-0.2, 0) is 16.1 Å². The van der Waals surface area contributed by atoms with Gasteiger partial charge in [-0.3, -0.25) is 14.5 Å². The number of amides is 2. The van der Waals surface area contributed by atoms with Crippen LogP contribution in [0.4, 0.5) is 0 Å². The lowest BCUT2D eigenvalue weighted by Gasteiger charge is -2.14. The first-order valence-electron chi connectivity index (χ1n) is 6.51. The molecule has 0 bridgehead atoms. The third kappa shape index (κ3) is 1.80. The number of imide groups is 1. The molecule has 19 heavy (non-hydrogen) atoms. The van der Waals surface area contributed by atoms with Crippen molar-refractivity contribution >= 4 is 11.8 Å². The Morgan fingerprint density at radius 1 is 1.21 bits per heavy atom. The third-order valence-corrected chi connectivity index (χ3v) is 4.10. The van der Waals surface area contributed by atoms with E-state index in [0.29, 0.717) is 18.6 Å². The number of likely N-dealkylation sites (tertiary alicyclic amines) is 1. The maximum atomic E-state index is 12.3. The number of hydrogen-bond acceptors (Lipinski definition) is 4. The normalized spacial score (nSPS) is 26.1. The van der Waals surface area contributed by atoms with Gasteiger partial charge in [0.2, 0.25) is 11.8 Å². The monoisotopic (exact) mass is 260 g/mol. The number of hydrogen-bond donors (Lipinski definition) is 0. The SMILES string of the molecule is Cc1noc(C)c1CN1C(=O)[C@@H]2CC=CC[C@H]2C1=O. The first kappa shape index (κ1) is 12.1. The second-order valence-electron chi connectivity index (χ2n) is 5.22. The highest BCUT2D eigenvalue weighted by Gasteiger charge is 2.47. The molecular weight excluding hydrogens is 244 g/mol. The topological polar surface area (TPSA) is 63.4 Å². The molecule has 1 aliphatic heterocycles. The Labute approximate surface area is 111 Å². The molecule has 2 atom stereocenters. The molecular formula is C14H16N2O3. The summed E-state index contributed by atoms with van der Waals surface area (Å²) in [5.74, 6) is 0.223. The highest BCUT2D eigenvalue weighted by Crippen LogP contribution is 2.36. The zero-order valence-corrected chi connectivity index (χ0v) is 11.0. The van der Waals surface area contributed by atoms with Crippen molar-refractivity contribution in [1.82, 2.24) is 10.1 Å². The lowest BCUT2D eigenvalue weighted by Crippen LogP contribution is -2.30. The van der Waals surface area contributed by atoms with E-state index in [1.807, 2.05) is 19.1 Å². The average molecular weight is 260 g/mol. The minimum Gasteiger partial charge on any atom is -0.361 e. The Balaban J connectivity index is 1.86. The van der Waals surface area contributed by atoms with E-state index in [2.05, 4.69) is 5.16 Å². The molecule has 0 unspecified atom stereocenters. The van der Waals surface area contributed by atoms with Gasteiger partial charge in [0.1, 0.15) is 5.76 Å². The van der Waals surface area contributed by atoms with Gasteiger partial charge in [-0.15, -0.1) is 0 Å². The average Bonchev–Trinajstić information content (AvgIpc) is 2.85. The predicted molar refractivity (Wildman–Crippen MR) is 66.9 cm³/mol. The Morgan fingerprint density at radius 3 is 2.26 bits per heavy atom. The van der Waals surface area contributed by atoms with Crippen molar-refractivity contribution in [1.29, 1.82) is 0 Å². The van der Waals surface area contributed by atoms with Gasteiger partial charge in [0.15, 0.2) is 0 Å². The van der Waals surface area contributed by atoms with Gasteiger partial charge in [-0.2, -0.15) is 0 Å². The van der Waals surface area contributed by atoms with Gasteiger partial charge in [-0.25, -0.2) is 0 Å². The Bertz CT molecular complexity index is 528. The minimum atomic E-state index is -0.169. The van der Waals surface area contributed by atoms with Crippen molar-refractivity contribution in [3.8, 4) is 0 Å². The summed E-state index contributed by atoms with van der Waals surface area (Å²) in [5.41, 5.74) is 1.58. The van der Waals surface area contributed by atoms with Crippen LogP contribution in [0.1, 0.15) is 29.9 Å². The molecule has 0 radical (unpaired) electrons. The summed E-state index contributed by atoms with van der Waals surface area (Å²) in [7, 11) is 0. The molecule has 0 N–H and O–H groups in total. The summed E-state index contributed by atoms with van der Waals surface area (Å²) in [6, 6.07) is 0. The van der Waals surface area contributed by atoms with Crippen molar-refractivity contribution in [2.45, 2.75) is 33.2 Å². The Kier molecular flexibility index (Phi) is 2.77. The summed E-state index contributed by atoms with van der Waals surface area (Å²) in [5, 5.41) is 3.86. The van der Waals surface area contributed by atoms with Gasteiger partial charge in [-0.05, 0) is 26.7 Å². The second-order valence-corrected chi connectivity index (χ2v) is 5.22. The number of aromatic nitrogens is 1. The molecule has 1 fully saturated rings. The predicted octanol–water partition coefficient (Wildman–Crippen LogP) is 1.74. The molecule has 5 heteroatoms. The van der Waals surface area contributed by atoms with Gasteiger partial charge in [0.25, 0.3) is 0 Å². The molecule has 0 spiro atoms. The molecule has 100 valence electrons. The van der Waals surface area contributed by atoms with Crippen LogP contribution in [0.15, 0.2) is 16.7 Å². The molecule has 1 aliphatic carbocycles. The van der Waals surface area contributed by atoms with Crippen LogP contribution in [0.2, 0.25) is 0 Å². The van der Waals surface area contributed by atoms with E-state index in [4.69, 9.17) is 4.52 Å². The number of nitrogens with zero attached hydrogens (tertiary/aromatic N) is 2. The van der Waals surface area contributed by atoms with E-state index in [1.54, 1.807) is 6.92 Å². The van der Waals surface area contributed by atoms with E-state index < -0.39 is 0 Å². The zero-order valence-electron chi connectivity index (χ0n) is 11.0. The molecule has 0 aromatic carbocycles. The summed E-state index contributed by atoms with van der Waals surface area (Å²) < 4.78 is 5.08. The maximum Gasteiger partial charge on any atom is 0.233 e. The lowest BCUT2D eigenvalue weighted by molar-refractivity contribution is -0.140. The number of fused-ring (bicyclic) bond motifs is 1. The molecule has 5 nitrogen and oxygen atoms in total. The third-order valence-electron chi connectivity index (χ3n) is 4.10. The van der Waals surface area contributed by atoms with Gasteiger partial charge < -0.3 is 4.52 Å². The number of aryl methyl sites for hydroxylation is 2. The van der Waals surface area contributed by atoms with Crippen LogP contribution in [0, 0.1) is 25.7 Å². The van der Waals surface area contributed by atoms with Crippen LogP contribution in [0.25, 0.3) is 0 Å². The number of carbonyl (C=O) groups excluding carboxylic acids is 2. The summed E-state index contributed by atoms with van der Waals surface area (Å²) >= 11 is 0. The number of rotatable bonds is 2. The van der Waals surface area contributed by atoms with Gasteiger partial charge in [0, 0.05) is 5.56 Å². The van der Waals surface area contributed by atoms with Crippen molar-refractivity contribution in [3.05, 3.63) is 29.2 Å². The molecule has 0 saturated carbocycles. The first-order chi connectivity index (χ1) is 9.09. The fraction of sp³-hybridized carbons (Fsp3) is 0.500. The molecule has 3 rings (SSSR count). The van der Waals surface area contributed by atoms with E-state index in [1.165, 1.54) is 4.90 Å². The highest BCUT2D eigenvalue weighted by atomic mass is 16.5. The van der Waals surface area contributed by atoms with Crippen molar-refractivity contribution < 1.29 is 14.1 Å². The summed E-state index contributed by atoms with van der Waals surface area (Å²) in [6.45, 7) is 3.91. The largest absolute Gasteiger partial charge is 0.361 e. The number of allylic oxidation sites excluding steroid dienone is 2. The van der Waals surface area contributed by atoms with Gasteiger partial charge >= 0.3 is 0 Å². The highest BCUT2D eigenvalue weighted by molar-refractivity contribution is 6.05. The lowest BCUT2D eigenvalue weighted by atomic mass is 9.85. The van der Waals surface area contributed by atoms with Crippen LogP contribution in [-0.4, -0.2) is 21.9 Å². The van der Waals surface area contributed by atoms with Crippen LogP contribution in [0.5, 0.6) is 0 Å². The van der Waals surface area contributed by atoms with Gasteiger partial charge in [-0.1, -0.05) is 17.3 Å². The molecule has 1 aromatic rings. The van der Waals surface area contributed by atoms with Crippen LogP contribution >= 0.6 is 0 Å². The molecule has 2 aliphatic rings. The molecule has 2 amide bonds. The summed E-state index contributed by atoms with van der Waals surface area (Å²) in [6.07, 6.45) is 5.33. The van der Waals surface area contributed by atoms with Crippen LogP contribution in [0.3, 0.4) is 0 Å². The van der Waals surface area contributed by atoms with E-state index in [9.17, 15) is 9.59 Å². The second kappa shape index (κ2) is 4.33. The molecule has 1 aromatic heterocycles.